The van der Waals surface area contributed by atoms with Crippen molar-refractivity contribution in [2.45, 2.75) is 38.8 Å². The highest BCUT2D eigenvalue weighted by Gasteiger charge is 2.60. The van der Waals surface area contributed by atoms with E-state index < -0.39 is 0 Å². The van der Waals surface area contributed by atoms with Crippen LogP contribution in [0.2, 0.25) is 0 Å². The van der Waals surface area contributed by atoms with Crippen molar-refractivity contribution in [3.05, 3.63) is 35.9 Å². The number of carbonyl (C=O) groups is 2. The lowest BCUT2D eigenvalue weighted by Gasteiger charge is -2.46. The van der Waals surface area contributed by atoms with Gasteiger partial charge in [0.05, 0.1) is 11.5 Å². The van der Waals surface area contributed by atoms with E-state index in [1.54, 1.807) is 0 Å². The maximum absolute atomic E-state index is 13.0. The summed E-state index contributed by atoms with van der Waals surface area (Å²) in [6, 6.07) is 9.99. The summed E-state index contributed by atoms with van der Waals surface area (Å²) in [7, 11) is 1.98. The third-order valence-corrected chi connectivity index (χ3v) is 7.23. The maximum Gasteiger partial charge on any atom is 0.317 e. The molecule has 0 aromatic heterocycles. The van der Waals surface area contributed by atoms with Gasteiger partial charge in [-0.2, -0.15) is 0 Å². The molecule has 4 rings (SSSR count). The topological polar surface area (TPSA) is 55.9 Å². The van der Waals surface area contributed by atoms with Crippen molar-refractivity contribution in [1.29, 1.82) is 0 Å². The van der Waals surface area contributed by atoms with Crippen molar-refractivity contribution in [2.75, 3.05) is 39.8 Å². The van der Waals surface area contributed by atoms with Gasteiger partial charge in [0.15, 0.2) is 0 Å². The zero-order valence-corrected chi connectivity index (χ0v) is 17.9. The summed E-state index contributed by atoms with van der Waals surface area (Å²) in [5.74, 6) is 1.46. The number of likely N-dealkylation sites (tertiary alicyclic amines) is 3. The van der Waals surface area contributed by atoms with E-state index in [4.69, 9.17) is 0 Å². The number of nitrogens with zero attached hydrogens (tertiary/aromatic N) is 3. The van der Waals surface area contributed by atoms with Crippen LogP contribution in [0.1, 0.15) is 32.3 Å². The molecule has 3 heterocycles. The van der Waals surface area contributed by atoms with Crippen LogP contribution >= 0.6 is 0 Å². The number of piperidine rings is 1. The monoisotopic (exact) mass is 398 g/mol. The Hall–Kier alpha value is -2.08. The van der Waals surface area contributed by atoms with E-state index in [0.717, 1.165) is 38.0 Å². The van der Waals surface area contributed by atoms with Crippen LogP contribution in [0, 0.1) is 17.8 Å². The summed E-state index contributed by atoms with van der Waals surface area (Å²) in [6.07, 6.45) is 1.76. The molecular formula is C23H34N4O2. The molecule has 3 fully saturated rings. The summed E-state index contributed by atoms with van der Waals surface area (Å²) in [5.41, 5.74) is 1.03. The molecular weight excluding hydrogens is 364 g/mol. The van der Waals surface area contributed by atoms with Gasteiger partial charge in [0.25, 0.3) is 0 Å². The fraction of sp³-hybridized carbons (Fsp3) is 0.652. The first-order chi connectivity index (χ1) is 13.9. The molecule has 0 bridgehead atoms. The maximum atomic E-state index is 13.0. The van der Waals surface area contributed by atoms with E-state index in [0.29, 0.717) is 37.4 Å². The lowest BCUT2D eigenvalue weighted by molar-refractivity contribution is -0.133. The van der Waals surface area contributed by atoms with Crippen LogP contribution in [0.3, 0.4) is 0 Å². The van der Waals surface area contributed by atoms with Crippen molar-refractivity contribution >= 4 is 11.9 Å². The van der Waals surface area contributed by atoms with Crippen LogP contribution in [0.4, 0.5) is 4.79 Å². The Kier molecular flexibility index (Phi) is 5.56. The average Bonchev–Trinajstić information content (AvgIpc) is 3.21. The average molecular weight is 399 g/mol. The van der Waals surface area contributed by atoms with E-state index in [9.17, 15) is 9.59 Å². The molecule has 0 unspecified atom stereocenters. The first-order valence-electron chi connectivity index (χ1n) is 11.0. The molecule has 158 valence electrons. The second-order valence-corrected chi connectivity index (χ2v) is 9.46. The van der Waals surface area contributed by atoms with Gasteiger partial charge in [-0.25, -0.2) is 4.79 Å². The van der Waals surface area contributed by atoms with Gasteiger partial charge in [-0.05, 0) is 24.3 Å². The molecule has 1 spiro atoms. The van der Waals surface area contributed by atoms with E-state index in [1.165, 1.54) is 0 Å². The van der Waals surface area contributed by atoms with Crippen LogP contribution in [-0.4, -0.2) is 71.9 Å². The van der Waals surface area contributed by atoms with Crippen molar-refractivity contribution in [3.8, 4) is 0 Å². The molecule has 1 aromatic rings. The molecule has 3 aliphatic heterocycles. The van der Waals surface area contributed by atoms with Gasteiger partial charge in [0, 0.05) is 52.2 Å². The smallest absolute Gasteiger partial charge is 0.317 e. The van der Waals surface area contributed by atoms with E-state index in [-0.39, 0.29) is 17.5 Å². The Bertz CT molecular complexity index is 743. The van der Waals surface area contributed by atoms with Crippen LogP contribution < -0.4 is 5.32 Å². The number of rotatable bonds is 4. The molecule has 6 nitrogen and oxygen atoms in total. The normalized spacial score (nSPS) is 26.4. The minimum atomic E-state index is -0.0797. The summed E-state index contributed by atoms with van der Waals surface area (Å²) in [4.78, 5) is 32.1. The first kappa shape index (κ1) is 20.2. The molecule has 0 radical (unpaired) electrons. The van der Waals surface area contributed by atoms with Gasteiger partial charge in [-0.1, -0.05) is 44.2 Å². The van der Waals surface area contributed by atoms with E-state index in [2.05, 4.69) is 24.1 Å². The Morgan fingerprint density at radius 1 is 1.17 bits per heavy atom. The molecule has 0 aliphatic carbocycles. The molecule has 2 atom stereocenters. The highest BCUT2D eigenvalue weighted by Crippen LogP contribution is 2.48. The van der Waals surface area contributed by atoms with Crippen molar-refractivity contribution < 1.29 is 9.59 Å². The van der Waals surface area contributed by atoms with Crippen LogP contribution in [0.5, 0.6) is 0 Å². The molecule has 3 saturated heterocycles. The van der Waals surface area contributed by atoms with Crippen molar-refractivity contribution in [2.24, 2.45) is 17.8 Å². The number of amides is 3. The fourth-order valence-electron chi connectivity index (χ4n) is 5.75. The molecule has 3 amide bonds. The number of hydrogen-bond acceptors (Lipinski definition) is 3. The van der Waals surface area contributed by atoms with Gasteiger partial charge in [0.2, 0.25) is 5.91 Å². The predicted molar refractivity (Wildman–Crippen MR) is 113 cm³/mol. The Morgan fingerprint density at radius 2 is 1.86 bits per heavy atom. The summed E-state index contributed by atoms with van der Waals surface area (Å²) in [6.45, 7) is 9.43. The SMILES string of the molecule is CC(C)CN1C[C@H]2C(=O)N(C)C3(CCN(C(=O)NCc4ccccc4)CC3)[C@H]2C1. The highest BCUT2D eigenvalue weighted by atomic mass is 16.2. The van der Waals surface area contributed by atoms with Crippen LogP contribution in [-0.2, 0) is 11.3 Å². The standard InChI is InChI=1S/C23H34N4O2/c1-17(2)14-26-15-19-20(16-26)23(25(3)21(19)28)9-11-27(12-10-23)22(29)24-13-18-7-5-4-6-8-18/h4-8,17,19-20H,9-16H2,1-3H3,(H,24,29)/t19-,20+/m1/s1. The second-order valence-electron chi connectivity index (χ2n) is 9.46. The van der Waals surface area contributed by atoms with Gasteiger partial charge in [0.1, 0.15) is 0 Å². The molecule has 0 saturated carbocycles. The Labute approximate surface area is 174 Å². The van der Waals surface area contributed by atoms with Crippen molar-refractivity contribution in [3.63, 3.8) is 0 Å². The van der Waals surface area contributed by atoms with Crippen LogP contribution in [0.15, 0.2) is 30.3 Å². The highest BCUT2D eigenvalue weighted by molar-refractivity contribution is 5.84. The molecule has 6 heteroatoms. The number of hydrogen-bond donors (Lipinski definition) is 1. The van der Waals surface area contributed by atoms with Gasteiger partial charge >= 0.3 is 6.03 Å². The largest absolute Gasteiger partial charge is 0.339 e. The first-order valence-corrected chi connectivity index (χ1v) is 11.0. The third-order valence-electron chi connectivity index (χ3n) is 7.23. The lowest BCUT2D eigenvalue weighted by atomic mass is 9.75. The number of benzene rings is 1. The molecule has 1 N–H and O–H groups in total. The molecule has 3 aliphatic rings. The predicted octanol–water partition coefficient (Wildman–Crippen LogP) is 2.41. The van der Waals surface area contributed by atoms with Gasteiger partial charge in [-0.15, -0.1) is 0 Å². The number of urea groups is 1. The second kappa shape index (κ2) is 7.98. The molecule has 1 aromatic carbocycles. The van der Waals surface area contributed by atoms with Gasteiger partial charge in [-0.3, -0.25) is 4.79 Å². The summed E-state index contributed by atoms with van der Waals surface area (Å²) < 4.78 is 0. The lowest BCUT2D eigenvalue weighted by Crippen LogP contribution is -2.57. The Morgan fingerprint density at radius 3 is 2.52 bits per heavy atom. The zero-order valence-electron chi connectivity index (χ0n) is 17.9. The zero-order chi connectivity index (χ0) is 20.6. The number of fused-ring (bicyclic) bond motifs is 2. The molecule has 29 heavy (non-hydrogen) atoms. The van der Waals surface area contributed by atoms with Crippen LogP contribution in [0.25, 0.3) is 0 Å². The summed E-state index contributed by atoms with van der Waals surface area (Å²) in [5, 5.41) is 3.04. The van der Waals surface area contributed by atoms with E-state index in [1.807, 2.05) is 47.2 Å². The number of nitrogens with one attached hydrogen (secondary N) is 1. The minimum Gasteiger partial charge on any atom is -0.339 e. The number of carbonyl (C=O) groups excluding carboxylic acids is 2. The summed E-state index contributed by atoms with van der Waals surface area (Å²) >= 11 is 0. The quantitative estimate of drug-likeness (QED) is 0.847. The third kappa shape index (κ3) is 3.75. The van der Waals surface area contributed by atoms with Gasteiger partial charge < -0.3 is 20.0 Å². The Balaban J connectivity index is 1.37. The fourth-order valence-corrected chi connectivity index (χ4v) is 5.75. The van der Waals surface area contributed by atoms with E-state index >= 15 is 0 Å². The van der Waals surface area contributed by atoms with Crippen molar-refractivity contribution in [1.82, 2.24) is 20.0 Å². The minimum absolute atomic E-state index is 0.0000795.